The van der Waals surface area contributed by atoms with E-state index in [2.05, 4.69) is 33.9 Å². The molecular weight excluding hydrogens is 238 g/mol. The summed E-state index contributed by atoms with van der Waals surface area (Å²) in [6, 6.07) is 8.80. The zero-order valence-corrected chi connectivity index (χ0v) is 11.3. The molecular formula is C15H19N3O. The van der Waals surface area contributed by atoms with E-state index in [1.54, 1.807) is 0 Å². The number of aryl methyl sites for hydroxylation is 1. The predicted molar refractivity (Wildman–Crippen MR) is 74.1 cm³/mol. The number of rotatable bonds is 3. The van der Waals surface area contributed by atoms with E-state index in [4.69, 9.17) is 4.74 Å². The molecule has 19 heavy (non-hydrogen) atoms. The topological polar surface area (TPSA) is 39.1 Å². The van der Waals surface area contributed by atoms with Gasteiger partial charge in [0.15, 0.2) is 0 Å². The molecule has 0 amide bonds. The smallest absolute Gasteiger partial charge is 0.125 e. The first kappa shape index (κ1) is 12.2. The molecule has 1 aromatic carbocycles. The third-order valence-corrected chi connectivity index (χ3v) is 3.66. The predicted octanol–water partition coefficient (Wildman–Crippen LogP) is 2.59. The van der Waals surface area contributed by atoms with Crippen molar-refractivity contribution in [1.29, 1.82) is 0 Å². The quantitative estimate of drug-likeness (QED) is 0.918. The Hall–Kier alpha value is -1.81. The molecule has 1 aliphatic heterocycles. The van der Waals surface area contributed by atoms with Gasteiger partial charge in [-0.1, -0.05) is 18.2 Å². The fourth-order valence-corrected chi connectivity index (χ4v) is 2.69. The minimum absolute atomic E-state index is 0.219. The van der Waals surface area contributed by atoms with E-state index in [-0.39, 0.29) is 6.04 Å². The van der Waals surface area contributed by atoms with Gasteiger partial charge in [-0.3, -0.25) is 0 Å². The summed E-state index contributed by atoms with van der Waals surface area (Å²) in [7, 11) is 2.03. The van der Waals surface area contributed by atoms with Crippen molar-refractivity contribution in [3.63, 3.8) is 0 Å². The van der Waals surface area contributed by atoms with Crippen LogP contribution >= 0.6 is 0 Å². The van der Waals surface area contributed by atoms with Gasteiger partial charge in [0, 0.05) is 37.5 Å². The third-order valence-electron chi connectivity index (χ3n) is 3.66. The lowest BCUT2D eigenvalue weighted by atomic mass is 10.00. The summed E-state index contributed by atoms with van der Waals surface area (Å²) in [6.07, 6.45) is 4.81. The van der Waals surface area contributed by atoms with Crippen LogP contribution in [-0.4, -0.2) is 16.2 Å². The molecule has 0 saturated carbocycles. The highest BCUT2D eigenvalue weighted by molar-refractivity contribution is 5.37. The number of para-hydroxylation sites is 1. The number of benzene rings is 1. The van der Waals surface area contributed by atoms with E-state index >= 15 is 0 Å². The van der Waals surface area contributed by atoms with Crippen molar-refractivity contribution in [2.75, 3.05) is 6.61 Å². The monoisotopic (exact) mass is 257 g/mol. The first-order chi connectivity index (χ1) is 9.25. The van der Waals surface area contributed by atoms with E-state index in [0.717, 1.165) is 24.6 Å². The van der Waals surface area contributed by atoms with Gasteiger partial charge < -0.3 is 14.6 Å². The lowest BCUT2D eigenvalue weighted by molar-refractivity contribution is 0.244. The van der Waals surface area contributed by atoms with Crippen molar-refractivity contribution in [3.05, 3.63) is 48.0 Å². The average Bonchev–Trinajstić information content (AvgIpc) is 2.85. The molecule has 1 aromatic heterocycles. The number of aromatic nitrogens is 2. The Balaban J connectivity index is 1.80. The lowest BCUT2D eigenvalue weighted by Gasteiger charge is -2.29. The van der Waals surface area contributed by atoms with Gasteiger partial charge in [-0.05, 0) is 13.0 Å². The molecule has 0 aliphatic carbocycles. The van der Waals surface area contributed by atoms with E-state index in [9.17, 15) is 0 Å². The van der Waals surface area contributed by atoms with Crippen LogP contribution in [0.15, 0.2) is 36.7 Å². The van der Waals surface area contributed by atoms with Crippen LogP contribution in [0.5, 0.6) is 5.75 Å². The van der Waals surface area contributed by atoms with Crippen LogP contribution < -0.4 is 10.1 Å². The molecule has 2 aromatic rings. The maximum absolute atomic E-state index is 5.69. The Morgan fingerprint density at radius 3 is 3.05 bits per heavy atom. The summed E-state index contributed by atoms with van der Waals surface area (Å²) in [5.41, 5.74) is 1.25. The molecule has 4 heteroatoms. The second kappa shape index (κ2) is 5.05. The molecule has 2 heterocycles. The fraction of sp³-hybridized carbons (Fsp3) is 0.400. The summed E-state index contributed by atoms with van der Waals surface area (Å²) in [6.45, 7) is 2.92. The second-order valence-electron chi connectivity index (χ2n) is 5.01. The van der Waals surface area contributed by atoms with Crippen LogP contribution in [0.3, 0.4) is 0 Å². The molecule has 1 aliphatic rings. The van der Waals surface area contributed by atoms with E-state index in [1.807, 2.05) is 31.6 Å². The number of ether oxygens (including phenoxy) is 1. The Bertz CT molecular complexity index is 564. The van der Waals surface area contributed by atoms with E-state index in [1.165, 1.54) is 5.56 Å². The van der Waals surface area contributed by atoms with Crippen molar-refractivity contribution in [3.8, 4) is 5.75 Å². The number of imidazole rings is 1. The molecule has 0 saturated heterocycles. The molecule has 0 radical (unpaired) electrons. The Labute approximate surface area is 113 Å². The summed E-state index contributed by atoms with van der Waals surface area (Å²) in [4.78, 5) is 4.41. The molecule has 0 bridgehead atoms. The highest BCUT2D eigenvalue weighted by Gasteiger charge is 2.23. The highest BCUT2D eigenvalue weighted by atomic mass is 16.5. The van der Waals surface area contributed by atoms with Gasteiger partial charge in [-0.25, -0.2) is 4.98 Å². The normalized spacial score (nSPS) is 19.6. The van der Waals surface area contributed by atoms with Crippen molar-refractivity contribution < 1.29 is 4.74 Å². The first-order valence-electron chi connectivity index (χ1n) is 6.70. The van der Waals surface area contributed by atoms with Gasteiger partial charge in [-0.2, -0.15) is 0 Å². The van der Waals surface area contributed by atoms with Gasteiger partial charge in [0.1, 0.15) is 11.6 Å². The Morgan fingerprint density at radius 2 is 2.26 bits per heavy atom. The maximum atomic E-state index is 5.69. The van der Waals surface area contributed by atoms with Gasteiger partial charge in [0.2, 0.25) is 0 Å². The molecule has 0 fully saturated rings. The third kappa shape index (κ3) is 2.36. The van der Waals surface area contributed by atoms with Crippen LogP contribution in [-0.2, 0) is 7.05 Å². The Morgan fingerprint density at radius 1 is 1.42 bits per heavy atom. The molecule has 0 spiro atoms. The number of hydrogen-bond acceptors (Lipinski definition) is 3. The minimum Gasteiger partial charge on any atom is -0.493 e. The van der Waals surface area contributed by atoms with Gasteiger partial charge in [-0.15, -0.1) is 0 Å². The molecule has 1 N–H and O–H groups in total. The van der Waals surface area contributed by atoms with Crippen LogP contribution in [0.25, 0.3) is 0 Å². The highest BCUT2D eigenvalue weighted by Crippen LogP contribution is 2.32. The molecule has 2 atom stereocenters. The SMILES string of the molecule is CC(NC1CCOc2ccccc21)c1nccn1C. The summed E-state index contributed by atoms with van der Waals surface area (Å²) < 4.78 is 7.75. The number of nitrogens with zero attached hydrogens (tertiary/aromatic N) is 2. The average molecular weight is 257 g/mol. The zero-order chi connectivity index (χ0) is 13.2. The standard InChI is InChI=1S/C15H19N3O/c1-11(15-16-8-9-18(15)2)17-13-7-10-19-14-6-4-3-5-12(13)14/h3-6,8-9,11,13,17H,7,10H2,1-2H3. The fourth-order valence-electron chi connectivity index (χ4n) is 2.69. The molecule has 100 valence electrons. The van der Waals surface area contributed by atoms with Crippen molar-refractivity contribution >= 4 is 0 Å². The number of fused-ring (bicyclic) bond motifs is 1. The summed E-state index contributed by atoms with van der Waals surface area (Å²) >= 11 is 0. The van der Waals surface area contributed by atoms with Crippen molar-refractivity contribution in [2.24, 2.45) is 7.05 Å². The lowest BCUT2D eigenvalue weighted by Crippen LogP contribution is -2.30. The Kier molecular flexibility index (Phi) is 3.25. The minimum atomic E-state index is 0.219. The van der Waals surface area contributed by atoms with Crippen LogP contribution in [0, 0.1) is 0 Å². The van der Waals surface area contributed by atoms with Crippen LogP contribution in [0.1, 0.15) is 36.8 Å². The van der Waals surface area contributed by atoms with Crippen LogP contribution in [0.4, 0.5) is 0 Å². The molecule has 2 unspecified atom stereocenters. The van der Waals surface area contributed by atoms with Gasteiger partial charge in [0.25, 0.3) is 0 Å². The summed E-state index contributed by atoms with van der Waals surface area (Å²) in [5, 5.41) is 3.65. The second-order valence-corrected chi connectivity index (χ2v) is 5.01. The molecule has 3 rings (SSSR count). The zero-order valence-electron chi connectivity index (χ0n) is 11.3. The maximum Gasteiger partial charge on any atom is 0.125 e. The van der Waals surface area contributed by atoms with Crippen LogP contribution in [0.2, 0.25) is 0 Å². The number of hydrogen-bond donors (Lipinski definition) is 1. The van der Waals surface area contributed by atoms with Gasteiger partial charge in [0.05, 0.1) is 12.6 Å². The van der Waals surface area contributed by atoms with Crippen molar-refractivity contribution in [2.45, 2.75) is 25.4 Å². The molecule has 4 nitrogen and oxygen atoms in total. The summed E-state index contributed by atoms with van der Waals surface area (Å²) in [5.74, 6) is 2.06. The first-order valence-corrected chi connectivity index (χ1v) is 6.70. The van der Waals surface area contributed by atoms with E-state index in [0.29, 0.717) is 6.04 Å². The van der Waals surface area contributed by atoms with E-state index < -0.39 is 0 Å². The number of nitrogens with one attached hydrogen (secondary N) is 1. The largest absolute Gasteiger partial charge is 0.493 e. The van der Waals surface area contributed by atoms with Gasteiger partial charge >= 0.3 is 0 Å². The van der Waals surface area contributed by atoms with Crippen molar-refractivity contribution in [1.82, 2.24) is 14.9 Å².